The van der Waals surface area contributed by atoms with Crippen molar-refractivity contribution in [1.82, 2.24) is 5.43 Å². The van der Waals surface area contributed by atoms with E-state index in [1.54, 1.807) is 33.6 Å². The number of hydrazone groups is 1. The van der Waals surface area contributed by atoms with Crippen molar-refractivity contribution < 1.29 is 18.9 Å². The van der Waals surface area contributed by atoms with Gasteiger partial charge in [-0.25, -0.2) is 0 Å². The van der Waals surface area contributed by atoms with Crippen LogP contribution in [0.5, 0.6) is 23.0 Å². The van der Waals surface area contributed by atoms with E-state index < -0.39 is 0 Å². The molecule has 0 saturated carbocycles. The molecule has 0 fully saturated rings. The van der Waals surface area contributed by atoms with E-state index in [4.69, 9.17) is 18.9 Å². The average Bonchev–Trinajstić information content (AvgIpc) is 2.69. The van der Waals surface area contributed by atoms with E-state index in [9.17, 15) is 0 Å². The highest BCUT2D eigenvalue weighted by Gasteiger charge is 2.05. The van der Waals surface area contributed by atoms with Gasteiger partial charge in [0.05, 0.1) is 34.1 Å². The Hall–Kier alpha value is -3.15. The molecule has 0 bridgehead atoms. The van der Waals surface area contributed by atoms with Crippen molar-refractivity contribution in [1.29, 1.82) is 0 Å². The van der Waals surface area contributed by atoms with Gasteiger partial charge in [-0.2, -0.15) is 5.10 Å². The Bertz CT molecular complexity index is 759. The van der Waals surface area contributed by atoms with Crippen LogP contribution >= 0.6 is 0 Å². The topological polar surface area (TPSA) is 61.3 Å². The Morgan fingerprint density at radius 2 is 1.62 bits per heavy atom. The molecule has 0 saturated heterocycles. The lowest BCUT2D eigenvalue weighted by Gasteiger charge is -2.10. The molecule has 0 spiro atoms. The van der Waals surface area contributed by atoms with E-state index in [2.05, 4.69) is 17.1 Å². The third kappa shape index (κ3) is 5.17. The van der Waals surface area contributed by atoms with Gasteiger partial charge in [-0.1, -0.05) is 18.7 Å². The second kappa shape index (κ2) is 9.98. The molecule has 0 aromatic heterocycles. The molecule has 0 unspecified atom stereocenters. The predicted octanol–water partition coefficient (Wildman–Crippen LogP) is 3.40. The van der Waals surface area contributed by atoms with Gasteiger partial charge in [-0.05, 0) is 41.5 Å². The normalized spacial score (nSPS) is 10.4. The summed E-state index contributed by atoms with van der Waals surface area (Å²) in [5.41, 5.74) is 4.94. The summed E-state index contributed by atoms with van der Waals surface area (Å²) in [5.74, 6) is 2.71. The largest absolute Gasteiger partial charge is 0.493 e. The lowest BCUT2D eigenvalue weighted by atomic mass is 10.2. The number of ether oxygens (including phenoxy) is 4. The zero-order valence-electron chi connectivity index (χ0n) is 15.3. The van der Waals surface area contributed by atoms with Crippen LogP contribution in [0.25, 0.3) is 0 Å². The highest BCUT2D eigenvalue weighted by molar-refractivity contribution is 5.80. The van der Waals surface area contributed by atoms with E-state index in [1.807, 2.05) is 36.4 Å². The molecule has 0 aliphatic rings. The molecule has 26 heavy (non-hydrogen) atoms. The van der Waals surface area contributed by atoms with Crippen molar-refractivity contribution in [3.8, 4) is 23.0 Å². The molecular weight excluding hydrogens is 332 g/mol. The minimum Gasteiger partial charge on any atom is -0.493 e. The first-order valence-corrected chi connectivity index (χ1v) is 8.10. The van der Waals surface area contributed by atoms with Gasteiger partial charge in [0.15, 0.2) is 23.0 Å². The second-order valence-corrected chi connectivity index (χ2v) is 5.29. The molecule has 0 aliphatic carbocycles. The van der Waals surface area contributed by atoms with Crippen LogP contribution in [0.4, 0.5) is 0 Å². The van der Waals surface area contributed by atoms with Crippen molar-refractivity contribution in [3.63, 3.8) is 0 Å². The van der Waals surface area contributed by atoms with E-state index in [1.165, 1.54) is 0 Å². The van der Waals surface area contributed by atoms with E-state index in [0.29, 0.717) is 36.1 Å². The maximum atomic E-state index is 5.53. The fourth-order valence-electron chi connectivity index (χ4n) is 2.28. The van der Waals surface area contributed by atoms with Crippen molar-refractivity contribution in [2.24, 2.45) is 5.10 Å². The van der Waals surface area contributed by atoms with Crippen LogP contribution in [0.2, 0.25) is 0 Å². The molecule has 1 N–H and O–H groups in total. The minimum atomic E-state index is 0.427. The van der Waals surface area contributed by atoms with Crippen molar-refractivity contribution in [2.45, 2.75) is 6.54 Å². The van der Waals surface area contributed by atoms with Gasteiger partial charge in [0.1, 0.15) is 6.61 Å². The molecule has 0 atom stereocenters. The summed E-state index contributed by atoms with van der Waals surface area (Å²) >= 11 is 0. The number of nitrogens with one attached hydrogen (secondary N) is 1. The first-order chi connectivity index (χ1) is 12.7. The average molecular weight is 356 g/mol. The quantitative estimate of drug-likeness (QED) is 0.402. The first kappa shape index (κ1) is 19.2. The van der Waals surface area contributed by atoms with Crippen LogP contribution in [-0.4, -0.2) is 34.2 Å². The minimum absolute atomic E-state index is 0.427. The lowest BCUT2D eigenvalue weighted by molar-refractivity contribution is 0.326. The molecular formula is C20H24N2O4. The van der Waals surface area contributed by atoms with Gasteiger partial charge >= 0.3 is 0 Å². The van der Waals surface area contributed by atoms with Crippen LogP contribution in [0.1, 0.15) is 11.1 Å². The van der Waals surface area contributed by atoms with Crippen LogP contribution in [0.3, 0.4) is 0 Å². The van der Waals surface area contributed by atoms with E-state index in [-0.39, 0.29) is 0 Å². The van der Waals surface area contributed by atoms with Gasteiger partial charge in [0.25, 0.3) is 0 Å². The maximum Gasteiger partial charge on any atom is 0.161 e. The van der Waals surface area contributed by atoms with Crippen LogP contribution in [0.15, 0.2) is 54.2 Å². The molecule has 0 amide bonds. The Morgan fingerprint density at radius 1 is 0.923 bits per heavy atom. The summed E-state index contributed by atoms with van der Waals surface area (Å²) in [5, 5.41) is 4.24. The summed E-state index contributed by atoms with van der Waals surface area (Å²) in [7, 11) is 4.83. The monoisotopic (exact) mass is 356 g/mol. The van der Waals surface area contributed by atoms with Crippen molar-refractivity contribution >= 4 is 6.21 Å². The van der Waals surface area contributed by atoms with Crippen LogP contribution in [-0.2, 0) is 6.54 Å². The zero-order chi connectivity index (χ0) is 18.8. The number of rotatable bonds is 10. The number of methoxy groups -OCH3 is 3. The Kier molecular flexibility index (Phi) is 7.36. The van der Waals surface area contributed by atoms with E-state index >= 15 is 0 Å². The van der Waals surface area contributed by atoms with Gasteiger partial charge < -0.3 is 24.4 Å². The maximum absolute atomic E-state index is 5.53. The summed E-state index contributed by atoms with van der Waals surface area (Å²) in [6.45, 7) is 4.63. The standard InChI is InChI=1S/C20H24N2O4/c1-5-10-26-18-9-7-16(12-20(18)25-4)14-22-21-13-15-6-8-17(23-2)19(11-15)24-3/h5-9,11-12,14,21H,1,10,13H2,2-4H3/b22-14-. The number of hydrogen-bond donors (Lipinski definition) is 1. The van der Waals surface area contributed by atoms with Gasteiger partial charge in [0, 0.05) is 0 Å². The van der Waals surface area contributed by atoms with Crippen molar-refractivity contribution in [3.05, 3.63) is 60.2 Å². The van der Waals surface area contributed by atoms with Crippen LogP contribution in [0, 0.1) is 0 Å². The Labute approximate surface area is 154 Å². The molecule has 2 aromatic carbocycles. The molecule has 138 valence electrons. The fourth-order valence-corrected chi connectivity index (χ4v) is 2.28. The molecule has 6 nitrogen and oxygen atoms in total. The second-order valence-electron chi connectivity index (χ2n) is 5.29. The summed E-state index contributed by atoms with van der Waals surface area (Å²) < 4.78 is 21.4. The molecule has 2 aromatic rings. The molecule has 6 heteroatoms. The van der Waals surface area contributed by atoms with Crippen LogP contribution < -0.4 is 24.4 Å². The molecule has 2 rings (SSSR count). The summed E-state index contributed by atoms with van der Waals surface area (Å²) in [6.07, 6.45) is 3.41. The SMILES string of the molecule is C=CCOc1ccc(/C=N\NCc2ccc(OC)c(OC)c2)cc1OC. The number of hydrogen-bond acceptors (Lipinski definition) is 6. The molecule has 0 aliphatic heterocycles. The summed E-state index contributed by atoms with van der Waals surface area (Å²) in [6, 6.07) is 11.3. The fraction of sp³-hybridized carbons (Fsp3) is 0.250. The third-order valence-corrected chi connectivity index (χ3v) is 3.58. The van der Waals surface area contributed by atoms with E-state index in [0.717, 1.165) is 11.1 Å². The van der Waals surface area contributed by atoms with Gasteiger partial charge in [0.2, 0.25) is 0 Å². The zero-order valence-corrected chi connectivity index (χ0v) is 15.3. The smallest absolute Gasteiger partial charge is 0.161 e. The Balaban J connectivity index is 1.97. The van der Waals surface area contributed by atoms with Gasteiger partial charge in [-0.15, -0.1) is 0 Å². The highest BCUT2D eigenvalue weighted by Crippen LogP contribution is 2.28. The van der Waals surface area contributed by atoms with Crippen molar-refractivity contribution in [2.75, 3.05) is 27.9 Å². The Morgan fingerprint density at radius 3 is 2.31 bits per heavy atom. The molecule has 0 radical (unpaired) electrons. The predicted molar refractivity (Wildman–Crippen MR) is 103 cm³/mol. The summed E-state index contributed by atoms with van der Waals surface area (Å²) in [4.78, 5) is 0. The lowest BCUT2D eigenvalue weighted by Crippen LogP contribution is -2.06. The number of benzene rings is 2. The highest BCUT2D eigenvalue weighted by atomic mass is 16.5. The van der Waals surface area contributed by atoms with Gasteiger partial charge in [-0.3, -0.25) is 0 Å². The molecule has 0 heterocycles. The third-order valence-electron chi connectivity index (χ3n) is 3.58. The number of nitrogens with zero attached hydrogens (tertiary/aromatic N) is 1. The first-order valence-electron chi connectivity index (χ1n) is 8.10.